The molecular formula is C9H20N2O4S2. The molecule has 0 aromatic rings. The minimum atomic E-state index is -3.56. The van der Waals surface area contributed by atoms with Gasteiger partial charge in [-0.05, 0) is 12.8 Å². The van der Waals surface area contributed by atoms with E-state index in [9.17, 15) is 16.8 Å². The molecule has 0 aromatic carbocycles. The molecule has 0 bridgehead atoms. The molecule has 1 aliphatic carbocycles. The predicted molar refractivity (Wildman–Crippen MR) is 66.9 cm³/mol. The summed E-state index contributed by atoms with van der Waals surface area (Å²) in [5.74, 6) is -0.751. The van der Waals surface area contributed by atoms with Gasteiger partial charge in [-0.1, -0.05) is 12.8 Å². The van der Waals surface area contributed by atoms with E-state index in [1.165, 1.54) is 0 Å². The first-order valence-corrected chi connectivity index (χ1v) is 9.34. The van der Waals surface area contributed by atoms with Crippen LogP contribution in [-0.4, -0.2) is 46.7 Å². The monoisotopic (exact) mass is 284 g/mol. The van der Waals surface area contributed by atoms with Gasteiger partial charge in [0.1, 0.15) is 9.84 Å². The molecule has 102 valence electrons. The maximum absolute atomic E-state index is 11.7. The average Bonchev–Trinajstić information content (AvgIpc) is 2.18. The van der Waals surface area contributed by atoms with Gasteiger partial charge >= 0.3 is 0 Å². The Hall–Kier alpha value is -0.180. The smallest absolute Gasteiger partial charge is 0.212 e. The summed E-state index contributed by atoms with van der Waals surface area (Å²) < 4.78 is 47.7. The van der Waals surface area contributed by atoms with E-state index in [0.29, 0.717) is 0 Å². The predicted octanol–water partition coefficient (Wildman–Crippen LogP) is -0.780. The second-order valence-electron chi connectivity index (χ2n) is 4.62. The number of rotatable bonds is 5. The van der Waals surface area contributed by atoms with E-state index in [0.717, 1.165) is 31.9 Å². The number of nitrogens with two attached hydrogens (primary N) is 1. The highest BCUT2D eigenvalue weighted by Gasteiger charge is 2.26. The van der Waals surface area contributed by atoms with E-state index in [1.807, 2.05) is 0 Å². The lowest BCUT2D eigenvalue weighted by molar-refractivity contribution is 0.361. The molecule has 0 radical (unpaired) electrons. The maximum Gasteiger partial charge on any atom is 0.212 e. The van der Waals surface area contributed by atoms with Gasteiger partial charge in [0.2, 0.25) is 10.0 Å². The summed E-state index contributed by atoms with van der Waals surface area (Å²) in [5, 5.41) is 0. The SMILES string of the molecule is CS(=O)(=O)CCS(=O)(=O)N[C@@H]1CCCC[C@H]1N. The summed E-state index contributed by atoms with van der Waals surface area (Å²) in [6.07, 6.45) is 4.52. The Morgan fingerprint density at radius 3 is 2.24 bits per heavy atom. The van der Waals surface area contributed by atoms with Gasteiger partial charge in [-0.15, -0.1) is 0 Å². The zero-order valence-corrected chi connectivity index (χ0v) is 11.6. The van der Waals surface area contributed by atoms with Crippen molar-refractivity contribution in [1.82, 2.24) is 4.72 Å². The molecule has 6 nitrogen and oxygen atoms in total. The van der Waals surface area contributed by atoms with Crippen molar-refractivity contribution in [2.75, 3.05) is 17.8 Å². The molecule has 0 aliphatic heterocycles. The summed E-state index contributed by atoms with van der Waals surface area (Å²) in [6, 6.07) is -0.426. The number of sulfone groups is 1. The van der Waals surface area contributed by atoms with Crippen molar-refractivity contribution in [2.24, 2.45) is 5.73 Å². The summed E-state index contributed by atoms with van der Waals surface area (Å²) in [7, 11) is -6.82. The van der Waals surface area contributed by atoms with Gasteiger partial charge < -0.3 is 5.73 Å². The molecule has 3 N–H and O–H groups in total. The minimum Gasteiger partial charge on any atom is -0.326 e. The third-order valence-electron chi connectivity index (χ3n) is 2.87. The molecule has 0 unspecified atom stereocenters. The van der Waals surface area contributed by atoms with Crippen LogP contribution in [0.4, 0.5) is 0 Å². The van der Waals surface area contributed by atoms with Crippen LogP contribution in [0.3, 0.4) is 0 Å². The highest BCUT2D eigenvalue weighted by molar-refractivity contribution is 7.93. The third kappa shape index (κ3) is 5.80. The van der Waals surface area contributed by atoms with Crippen molar-refractivity contribution in [3.63, 3.8) is 0 Å². The summed E-state index contributed by atoms with van der Waals surface area (Å²) >= 11 is 0. The Kier molecular flexibility index (Phi) is 4.94. The van der Waals surface area contributed by atoms with E-state index >= 15 is 0 Å². The summed E-state index contributed by atoms with van der Waals surface area (Å²) in [5.41, 5.74) is 5.82. The van der Waals surface area contributed by atoms with E-state index in [1.54, 1.807) is 0 Å². The van der Waals surface area contributed by atoms with Crippen molar-refractivity contribution in [2.45, 2.75) is 37.8 Å². The molecule has 0 amide bonds. The molecule has 0 saturated heterocycles. The Labute approximate surface area is 103 Å². The minimum absolute atomic E-state index is 0.170. The fourth-order valence-corrected chi connectivity index (χ4v) is 4.82. The van der Waals surface area contributed by atoms with Crippen LogP contribution in [0.15, 0.2) is 0 Å². The first kappa shape index (κ1) is 14.9. The van der Waals surface area contributed by atoms with Crippen molar-refractivity contribution >= 4 is 19.9 Å². The van der Waals surface area contributed by atoms with Crippen LogP contribution >= 0.6 is 0 Å². The molecule has 0 aromatic heterocycles. The first-order chi connectivity index (χ1) is 7.70. The lowest BCUT2D eigenvalue weighted by Crippen LogP contribution is -2.50. The third-order valence-corrected chi connectivity index (χ3v) is 5.48. The number of sulfonamides is 1. The van der Waals surface area contributed by atoms with Crippen molar-refractivity contribution in [3.05, 3.63) is 0 Å². The quantitative estimate of drug-likeness (QED) is 0.689. The zero-order valence-electron chi connectivity index (χ0n) is 9.92. The second-order valence-corrected chi connectivity index (χ2v) is 8.75. The Bertz CT molecular complexity index is 444. The molecule has 17 heavy (non-hydrogen) atoms. The number of hydrogen-bond acceptors (Lipinski definition) is 5. The largest absolute Gasteiger partial charge is 0.326 e. The van der Waals surface area contributed by atoms with Crippen LogP contribution in [0.5, 0.6) is 0 Å². The highest BCUT2D eigenvalue weighted by atomic mass is 32.2. The van der Waals surface area contributed by atoms with Gasteiger partial charge in [0.15, 0.2) is 0 Å². The lowest BCUT2D eigenvalue weighted by atomic mass is 9.92. The van der Waals surface area contributed by atoms with Crippen molar-refractivity contribution in [1.29, 1.82) is 0 Å². The topological polar surface area (TPSA) is 106 Å². The summed E-state index contributed by atoms with van der Waals surface area (Å²) in [4.78, 5) is 0. The number of hydrogen-bond donors (Lipinski definition) is 2. The fraction of sp³-hybridized carbons (Fsp3) is 1.00. The molecule has 1 rings (SSSR count). The van der Waals surface area contributed by atoms with Gasteiger partial charge in [0.25, 0.3) is 0 Å². The van der Waals surface area contributed by atoms with Crippen LogP contribution in [-0.2, 0) is 19.9 Å². The molecule has 0 heterocycles. The van der Waals surface area contributed by atoms with E-state index in [4.69, 9.17) is 5.73 Å². The molecule has 0 spiro atoms. The van der Waals surface area contributed by atoms with Crippen LogP contribution in [0, 0.1) is 0 Å². The lowest BCUT2D eigenvalue weighted by Gasteiger charge is -2.28. The van der Waals surface area contributed by atoms with Crippen molar-refractivity contribution < 1.29 is 16.8 Å². The molecule has 1 aliphatic rings. The van der Waals surface area contributed by atoms with Crippen LogP contribution < -0.4 is 10.5 Å². The van der Waals surface area contributed by atoms with Gasteiger partial charge in [-0.25, -0.2) is 21.6 Å². The van der Waals surface area contributed by atoms with Gasteiger partial charge in [0, 0.05) is 18.3 Å². The highest BCUT2D eigenvalue weighted by Crippen LogP contribution is 2.17. The van der Waals surface area contributed by atoms with Crippen LogP contribution in [0.1, 0.15) is 25.7 Å². The normalized spacial score (nSPS) is 26.9. The molecular weight excluding hydrogens is 264 g/mol. The average molecular weight is 284 g/mol. The Morgan fingerprint density at radius 2 is 1.71 bits per heavy atom. The number of nitrogens with one attached hydrogen (secondary N) is 1. The van der Waals surface area contributed by atoms with Gasteiger partial charge in [-0.2, -0.15) is 0 Å². The van der Waals surface area contributed by atoms with E-state index < -0.39 is 25.6 Å². The molecule has 1 fully saturated rings. The maximum atomic E-state index is 11.7. The fourth-order valence-electron chi connectivity index (χ4n) is 1.86. The standard InChI is InChI=1S/C9H20N2O4S2/c1-16(12,13)6-7-17(14,15)11-9-5-3-2-4-8(9)10/h8-9,11H,2-7,10H2,1H3/t8-,9-/m1/s1. The molecule has 2 atom stereocenters. The van der Waals surface area contributed by atoms with Crippen LogP contribution in [0.2, 0.25) is 0 Å². The van der Waals surface area contributed by atoms with E-state index in [-0.39, 0.29) is 17.8 Å². The van der Waals surface area contributed by atoms with Gasteiger partial charge in [-0.3, -0.25) is 0 Å². The first-order valence-electron chi connectivity index (χ1n) is 5.63. The Balaban J connectivity index is 2.54. The summed E-state index contributed by atoms with van der Waals surface area (Å²) in [6.45, 7) is 0. The van der Waals surface area contributed by atoms with Crippen LogP contribution in [0.25, 0.3) is 0 Å². The Morgan fingerprint density at radius 1 is 1.12 bits per heavy atom. The molecule has 1 saturated carbocycles. The molecule has 8 heteroatoms. The zero-order chi connectivity index (χ0) is 13.1. The van der Waals surface area contributed by atoms with E-state index in [2.05, 4.69) is 4.72 Å². The van der Waals surface area contributed by atoms with Gasteiger partial charge in [0.05, 0.1) is 11.5 Å². The second kappa shape index (κ2) is 5.64. The van der Waals surface area contributed by atoms with Crippen molar-refractivity contribution in [3.8, 4) is 0 Å².